The normalized spacial score (nSPS) is 25.1. The molecular formula is C17H24N2O2. The van der Waals surface area contributed by atoms with Crippen molar-refractivity contribution in [1.29, 1.82) is 5.26 Å². The zero-order valence-corrected chi connectivity index (χ0v) is 12.9. The van der Waals surface area contributed by atoms with Gasteiger partial charge >= 0.3 is 0 Å². The Bertz CT molecular complexity index is 498. The van der Waals surface area contributed by atoms with E-state index >= 15 is 0 Å². The zero-order valence-electron chi connectivity index (χ0n) is 12.9. The number of nitriles is 1. The van der Waals surface area contributed by atoms with E-state index in [4.69, 9.17) is 9.47 Å². The summed E-state index contributed by atoms with van der Waals surface area (Å²) in [6, 6.07) is 10.1. The molecule has 1 N–H and O–H groups in total. The van der Waals surface area contributed by atoms with Crippen LogP contribution in [0.2, 0.25) is 0 Å². The average molecular weight is 288 g/mol. The van der Waals surface area contributed by atoms with Gasteiger partial charge in [0, 0.05) is 12.5 Å². The van der Waals surface area contributed by atoms with Crippen LogP contribution in [-0.4, -0.2) is 25.3 Å². The first-order valence-electron chi connectivity index (χ1n) is 7.68. The predicted octanol–water partition coefficient (Wildman–Crippen LogP) is 3.28. The molecule has 1 aliphatic carbocycles. The van der Waals surface area contributed by atoms with Crippen LogP contribution in [0.25, 0.3) is 0 Å². The summed E-state index contributed by atoms with van der Waals surface area (Å²) < 4.78 is 11.3. The van der Waals surface area contributed by atoms with Crippen LogP contribution in [0.1, 0.15) is 39.0 Å². The highest BCUT2D eigenvalue weighted by Gasteiger charge is 2.37. The highest BCUT2D eigenvalue weighted by Crippen LogP contribution is 2.31. The minimum Gasteiger partial charge on any atom is -0.497 e. The van der Waals surface area contributed by atoms with Crippen LogP contribution in [0.5, 0.6) is 11.5 Å². The van der Waals surface area contributed by atoms with Gasteiger partial charge in [-0.15, -0.1) is 0 Å². The number of nitrogens with one attached hydrogen (secondary N) is 1. The summed E-state index contributed by atoms with van der Waals surface area (Å²) in [5.74, 6) is 1.60. The number of nitrogens with zero attached hydrogens (tertiary/aromatic N) is 1. The Morgan fingerprint density at radius 2 is 2.24 bits per heavy atom. The first kappa shape index (κ1) is 15.7. The van der Waals surface area contributed by atoms with Gasteiger partial charge in [-0.05, 0) is 44.4 Å². The van der Waals surface area contributed by atoms with E-state index in [-0.39, 0.29) is 6.10 Å². The lowest BCUT2D eigenvalue weighted by molar-refractivity contribution is 0.112. The van der Waals surface area contributed by atoms with Crippen LogP contribution >= 0.6 is 0 Å². The minimum atomic E-state index is -0.433. The maximum Gasteiger partial charge on any atom is 0.123 e. The summed E-state index contributed by atoms with van der Waals surface area (Å²) in [6.07, 6.45) is 4.76. The maximum absolute atomic E-state index is 9.55. The summed E-state index contributed by atoms with van der Waals surface area (Å²) in [5.41, 5.74) is -0.433. The lowest BCUT2D eigenvalue weighted by Crippen LogP contribution is -2.50. The SMILES string of the molecule is CCCNC1(C#N)CCCC(Oc2cccc(OC)c2)C1. The molecule has 114 valence electrons. The van der Waals surface area contributed by atoms with Crippen LogP contribution in [0, 0.1) is 11.3 Å². The third-order valence-corrected chi connectivity index (χ3v) is 3.98. The maximum atomic E-state index is 9.55. The van der Waals surface area contributed by atoms with Crippen molar-refractivity contribution in [2.24, 2.45) is 0 Å². The topological polar surface area (TPSA) is 54.3 Å². The monoisotopic (exact) mass is 288 g/mol. The summed E-state index contributed by atoms with van der Waals surface area (Å²) in [4.78, 5) is 0. The van der Waals surface area contributed by atoms with Crippen LogP contribution < -0.4 is 14.8 Å². The highest BCUT2D eigenvalue weighted by atomic mass is 16.5. The minimum absolute atomic E-state index is 0.0786. The second-order valence-electron chi connectivity index (χ2n) is 5.64. The van der Waals surface area contributed by atoms with E-state index in [9.17, 15) is 5.26 Å². The number of methoxy groups -OCH3 is 1. The fourth-order valence-corrected chi connectivity index (χ4v) is 2.86. The summed E-state index contributed by atoms with van der Waals surface area (Å²) >= 11 is 0. The number of rotatable bonds is 6. The van der Waals surface area contributed by atoms with Crippen LogP contribution in [0.3, 0.4) is 0 Å². The number of hydrogen-bond acceptors (Lipinski definition) is 4. The molecule has 0 aliphatic heterocycles. The van der Waals surface area contributed by atoms with E-state index in [2.05, 4.69) is 18.3 Å². The third-order valence-electron chi connectivity index (χ3n) is 3.98. The molecule has 21 heavy (non-hydrogen) atoms. The molecule has 0 saturated heterocycles. The molecule has 1 aromatic rings. The van der Waals surface area contributed by atoms with E-state index in [1.807, 2.05) is 24.3 Å². The van der Waals surface area contributed by atoms with Crippen molar-refractivity contribution in [2.75, 3.05) is 13.7 Å². The molecule has 2 atom stereocenters. The van der Waals surface area contributed by atoms with Crippen molar-refractivity contribution in [3.63, 3.8) is 0 Å². The molecule has 4 nitrogen and oxygen atoms in total. The standard InChI is InChI=1S/C17H24N2O2/c1-3-10-19-17(13-18)9-5-8-16(12-17)21-15-7-4-6-14(11-15)20-2/h4,6-7,11,16,19H,3,5,8-10,12H2,1-2H3. The van der Waals surface area contributed by atoms with Crippen molar-refractivity contribution >= 4 is 0 Å². The molecule has 0 aromatic heterocycles. The Labute approximate surface area is 127 Å². The summed E-state index contributed by atoms with van der Waals surface area (Å²) in [6.45, 7) is 2.99. The molecular weight excluding hydrogens is 264 g/mol. The van der Waals surface area contributed by atoms with E-state index < -0.39 is 5.54 Å². The molecule has 2 rings (SSSR count). The fourth-order valence-electron chi connectivity index (χ4n) is 2.86. The second-order valence-corrected chi connectivity index (χ2v) is 5.64. The molecule has 1 saturated carbocycles. The first-order chi connectivity index (χ1) is 10.2. The third kappa shape index (κ3) is 4.12. The molecule has 0 radical (unpaired) electrons. The molecule has 1 fully saturated rings. The average Bonchev–Trinajstić information content (AvgIpc) is 2.53. The van der Waals surface area contributed by atoms with Gasteiger partial charge < -0.3 is 9.47 Å². The molecule has 1 aliphatic rings. The van der Waals surface area contributed by atoms with Gasteiger partial charge in [-0.3, -0.25) is 5.32 Å². The lowest BCUT2D eigenvalue weighted by atomic mass is 9.81. The van der Waals surface area contributed by atoms with Gasteiger partial charge in [0.1, 0.15) is 23.1 Å². The second kappa shape index (κ2) is 7.33. The lowest BCUT2D eigenvalue weighted by Gasteiger charge is -2.36. The smallest absolute Gasteiger partial charge is 0.123 e. The number of hydrogen-bond donors (Lipinski definition) is 1. The molecule has 0 bridgehead atoms. The van der Waals surface area contributed by atoms with E-state index in [0.29, 0.717) is 0 Å². The van der Waals surface area contributed by atoms with E-state index in [1.165, 1.54) is 0 Å². The molecule has 2 unspecified atom stereocenters. The zero-order chi connectivity index (χ0) is 15.1. The molecule has 0 spiro atoms. The Balaban J connectivity index is 2.01. The summed E-state index contributed by atoms with van der Waals surface area (Å²) in [5, 5.41) is 13.0. The first-order valence-corrected chi connectivity index (χ1v) is 7.68. The molecule has 4 heteroatoms. The largest absolute Gasteiger partial charge is 0.497 e. The van der Waals surface area contributed by atoms with Crippen molar-refractivity contribution < 1.29 is 9.47 Å². The Kier molecular flexibility index (Phi) is 5.46. The van der Waals surface area contributed by atoms with Gasteiger partial charge in [-0.2, -0.15) is 5.26 Å². The summed E-state index contributed by atoms with van der Waals surface area (Å²) in [7, 11) is 1.65. The van der Waals surface area contributed by atoms with Crippen LogP contribution in [0.4, 0.5) is 0 Å². The predicted molar refractivity (Wildman–Crippen MR) is 82.5 cm³/mol. The van der Waals surface area contributed by atoms with Gasteiger partial charge in [0.2, 0.25) is 0 Å². The quantitative estimate of drug-likeness (QED) is 0.873. The van der Waals surface area contributed by atoms with E-state index in [1.54, 1.807) is 7.11 Å². The molecule has 1 aromatic carbocycles. The molecule has 0 amide bonds. The van der Waals surface area contributed by atoms with Crippen LogP contribution in [0.15, 0.2) is 24.3 Å². The van der Waals surface area contributed by atoms with Gasteiger partial charge in [-0.1, -0.05) is 13.0 Å². The van der Waals surface area contributed by atoms with Gasteiger partial charge in [-0.25, -0.2) is 0 Å². The number of benzene rings is 1. The van der Waals surface area contributed by atoms with Crippen molar-refractivity contribution in [3.05, 3.63) is 24.3 Å². The Morgan fingerprint density at radius 1 is 1.43 bits per heavy atom. The Hall–Kier alpha value is -1.73. The van der Waals surface area contributed by atoms with Gasteiger partial charge in [0.15, 0.2) is 0 Å². The highest BCUT2D eigenvalue weighted by molar-refractivity contribution is 5.33. The fraction of sp³-hybridized carbons (Fsp3) is 0.588. The van der Waals surface area contributed by atoms with Crippen LogP contribution in [-0.2, 0) is 0 Å². The van der Waals surface area contributed by atoms with Crippen molar-refractivity contribution in [1.82, 2.24) is 5.32 Å². The van der Waals surface area contributed by atoms with Gasteiger partial charge in [0.05, 0.1) is 13.2 Å². The number of ether oxygens (including phenoxy) is 2. The van der Waals surface area contributed by atoms with Crippen molar-refractivity contribution in [2.45, 2.75) is 50.7 Å². The Morgan fingerprint density at radius 3 is 2.95 bits per heavy atom. The molecule has 0 heterocycles. The van der Waals surface area contributed by atoms with Crippen molar-refractivity contribution in [3.8, 4) is 17.6 Å². The van der Waals surface area contributed by atoms with Gasteiger partial charge in [0.25, 0.3) is 0 Å². The van der Waals surface area contributed by atoms with E-state index in [0.717, 1.165) is 50.1 Å².